The number of piperazine rings is 1. The van der Waals surface area contributed by atoms with Gasteiger partial charge in [0.1, 0.15) is 5.75 Å². The lowest BCUT2D eigenvalue weighted by molar-refractivity contribution is -0.133. The van der Waals surface area contributed by atoms with Crippen molar-refractivity contribution in [3.05, 3.63) is 29.3 Å². The van der Waals surface area contributed by atoms with Crippen LogP contribution in [0.15, 0.2) is 18.2 Å². The van der Waals surface area contributed by atoms with Crippen LogP contribution in [0.1, 0.15) is 30.9 Å². The molecule has 1 aliphatic rings. The van der Waals surface area contributed by atoms with Crippen LogP contribution in [0.25, 0.3) is 0 Å². The molecule has 1 aromatic rings. The van der Waals surface area contributed by atoms with E-state index in [0.29, 0.717) is 32.7 Å². The number of hydrogen-bond donors (Lipinski definition) is 1. The van der Waals surface area contributed by atoms with Crippen LogP contribution in [0.5, 0.6) is 5.75 Å². The first kappa shape index (κ1) is 20.2. The third-order valence-electron chi connectivity index (χ3n) is 4.58. The summed E-state index contributed by atoms with van der Waals surface area (Å²) in [7, 11) is 0. The average Bonchev–Trinajstić information content (AvgIpc) is 2.63. The van der Waals surface area contributed by atoms with Crippen molar-refractivity contribution in [2.24, 2.45) is 0 Å². The number of nitrogens with one attached hydrogen (secondary N) is 1. The molecule has 1 aromatic carbocycles. The summed E-state index contributed by atoms with van der Waals surface area (Å²) in [5, 5.41) is 2.89. The Morgan fingerprint density at radius 3 is 2.58 bits per heavy atom. The van der Waals surface area contributed by atoms with Gasteiger partial charge in [0.15, 0.2) is 0 Å². The highest BCUT2D eigenvalue weighted by Gasteiger charge is 2.22. The summed E-state index contributed by atoms with van der Waals surface area (Å²) < 4.78 is 5.78. The molecule has 0 saturated carbocycles. The first-order valence-corrected chi connectivity index (χ1v) is 9.46. The van der Waals surface area contributed by atoms with E-state index in [2.05, 4.69) is 16.3 Å². The topological polar surface area (TPSA) is 61.9 Å². The van der Waals surface area contributed by atoms with Crippen LogP contribution >= 0.6 is 0 Å². The molecule has 0 radical (unpaired) electrons. The van der Waals surface area contributed by atoms with Crippen LogP contribution in [0.2, 0.25) is 0 Å². The summed E-state index contributed by atoms with van der Waals surface area (Å²) in [5.74, 6) is 1.03. The van der Waals surface area contributed by atoms with Gasteiger partial charge in [0.05, 0.1) is 19.6 Å². The maximum atomic E-state index is 12.4. The van der Waals surface area contributed by atoms with E-state index in [1.54, 1.807) is 0 Å². The van der Waals surface area contributed by atoms with Crippen molar-refractivity contribution in [2.45, 2.75) is 33.6 Å². The number of ether oxygens (including phenoxy) is 1. The molecule has 0 unspecified atom stereocenters. The average molecular weight is 361 g/mol. The van der Waals surface area contributed by atoms with Crippen LogP contribution in [-0.2, 0) is 9.59 Å². The van der Waals surface area contributed by atoms with E-state index in [1.807, 2.05) is 37.8 Å². The quantitative estimate of drug-likeness (QED) is 0.766. The molecule has 144 valence electrons. The smallest absolute Gasteiger partial charge is 0.234 e. The lowest BCUT2D eigenvalue weighted by atomic mass is 10.1. The third-order valence-corrected chi connectivity index (χ3v) is 4.58. The number of hydrogen-bond acceptors (Lipinski definition) is 4. The fourth-order valence-electron chi connectivity index (χ4n) is 2.95. The van der Waals surface area contributed by atoms with E-state index in [4.69, 9.17) is 4.74 Å². The van der Waals surface area contributed by atoms with E-state index in [1.165, 1.54) is 0 Å². The van der Waals surface area contributed by atoms with Crippen LogP contribution in [0.4, 0.5) is 0 Å². The van der Waals surface area contributed by atoms with Crippen LogP contribution in [0, 0.1) is 13.8 Å². The number of aryl methyl sites for hydroxylation is 2. The van der Waals surface area contributed by atoms with Gasteiger partial charge in [-0.05, 0) is 37.5 Å². The van der Waals surface area contributed by atoms with Crippen molar-refractivity contribution in [2.75, 3.05) is 45.9 Å². The standard InChI is InChI=1S/C20H31N3O3/c1-4-8-21-19(24)15-22-9-11-23(12-10-22)20(25)7-13-26-18-14-16(2)5-6-17(18)3/h5-6,14H,4,7-13,15H2,1-3H3,(H,21,24). The van der Waals surface area contributed by atoms with Crippen molar-refractivity contribution in [1.29, 1.82) is 0 Å². The minimum absolute atomic E-state index is 0.0635. The molecule has 2 rings (SSSR count). The van der Waals surface area contributed by atoms with Gasteiger partial charge in [0.25, 0.3) is 0 Å². The maximum absolute atomic E-state index is 12.4. The molecule has 1 heterocycles. The predicted molar refractivity (Wildman–Crippen MR) is 102 cm³/mol. The van der Waals surface area contributed by atoms with Gasteiger partial charge in [0, 0.05) is 32.7 Å². The second kappa shape index (κ2) is 10.2. The molecule has 0 aromatic heterocycles. The molecule has 1 saturated heterocycles. The van der Waals surface area contributed by atoms with Gasteiger partial charge < -0.3 is 15.0 Å². The number of amides is 2. The third kappa shape index (κ3) is 6.33. The highest BCUT2D eigenvalue weighted by Crippen LogP contribution is 2.19. The second-order valence-corrected chi connectivity index (χ2v) is 6.87. The van der Waals surface area contributed by atoms with Gasteiger partial charge in [-0.25, -0.2) is 0 Å². The number of rotatable bonds is 8. The molecular formula is C20H31N3O3. The molecule has 0 aliphatic carbocycles. The Kier molecular flexibility index (Phi) is 7.91. The number of carbonyl (C=O) groups is 2. The van der Waals surface area contributed by atoms with Crippen molar-refractivity contribution in [1.82, 2.24) is 15.1 Å². The minimum Gasteiger partial charge on any atom is -0.493 e. The van der Waals surface area contributed by atoms with Gasteiger partial charge in [-0.3, -0.25) is 14.5 Å². The lowest BCUT2D eigenvalue weighted by Gasteiger charge is -2.34. The predicted octanol–water partition coefficient (Wildman–Crippen LogP) is 1.74. The van der Waals surface area contributed by atoms with Gasteiger partial charge >= 0.3 is 0 Å². The van der Waals surface area contributed by atoms with E-state index < -0.39 is 0 Å². The number of nitrogens with zero attached hydrogens (tertiary/aromatic N) is 2. The van der Waals surface area contributed by atoms with E-state index in [0.717, 1.165) is 42.9 Å². The molecule has 1 fully saturated rings. The Bertz CT molecular complexity index is 610. The molecule has 6 nitrogen and oxygen atoms in total. The monoisotopic (exact) mass is 361 g/mol. The van der Waals surface area contributed by atoms with E-state index in [-0.39, 0.29) is 11.8 Å². The Labute approximate surface area is 156 Å². The Hall–Kier alpha value is -2.08. The van der Waals surface area contributed by atoms with Crippen molar-refractivity contribution in [3.63, 3.8) is 0 Å². The van der Waals surface area contributed by atoms with E-state index in [9.17, 15) is 9.59 Å². The molecule has 1 N–H and O–H groups in total. The Balaban J connectivity index is 1.68. The minimum atomic E-state index is 0.0635. The molecular weight excluding hydrogens is 330 g/mol. The summed E-state index contributed by atoms with van der Waals surface area (Å²) in [6.07, 6.45) is 1.32. The summed E-state index contributed by atoms with van der Waals surface area (Å²) in [4.78, 5) is 28.1. The van der Waals surface area contributed by atoms with Gasteiger partial charge in [-0.2, -0.15) is 0 Å². The van der Waals surface area contributed by atoms with E-state index >= 15 is 0 Å². The normalized spacial score (nSPS) is 15.0. The molecule has 0 bridgehead atoms. The van der Waals surface area contributed by atoms with Gasteiger partial charge in [0.2, 0.25) is 11.8 Å². The lowest BCUT2D eigenvalue weighted by Crippen LogP contribution is -2.51. The van der Waals surface area contributed by atoms with Crippen LogP contribution in [0.3, 0.4) is 0 Å². The fraction of sp³-hybridized carbons (Fsp3) is 0.600. The molecule has 1 aliphatic heterocycles. The summed E-state index contributed by atoms with van der Waals surface area (Å²) in [6, 6.07) is 6.08. The first-order chi connectivity index (χ1) is 12.5. The summed E-state index contributed by atoms with van der Waals surface area (Å²) in [6.45, 7) is 10.4. The molecule has 0 atom stereocenters. The number of benzene rings is 1. The Morgan fingerprint density at radius 1 is 1.15 bits per heavy atom. The fourth-order valence-corrected chi connectivity index (χ4v) is 2.95. The molecule has 0 spiro atoms. The van der Waals surface area contributed by atoms with Gasteiger partial charge in [-0.15, -0.1) is 0 Å². The summed E-state index contributed by atoms with van der Waals surface area (Å²) >= 11 is 0. The second-order valence-electron chi connectivity index (χ2n) is 6.87. The Morgan fingerprint density at radius 2 is 1.88 bits per heavy atom. The van der Waals surface area contributed by atoms with Crippen molar-refractivity contribution < 1.29 is 14.3 Å². The van der Waals surface area contributed by atoms with Crippen molar-refractivity contribution in [3.8, 4) is 5.75 Å². The molecule has 6 heteroatoms. The summed E-state index contributed by atoms with van der Waals surface area (Å²) in [5.41, 5.74) is 2.23. The number of carbonyl (C=O) groups excluding carboxylic acids is 2. The largest absolute Gasteiger partial charge is 0.493 e. The first-order valence-electron chi connectivity index (χ1n) is 9.46. The maximum Gasteiger partial charge on any atom is 0.234 e. The highest BCUT2D eigenvalue weighted by molar-refractivity contribution is 5.78. The van der Waals surface area contributed by atoms with Crippen LogP contribution in [-0.4, -0.2) is 67.5 Å². The van der Waals surface area contributed by atoms with Crippen molar-refractivity contribution >= 4 is 11.8 Å². The molecule has 26 heavy (non-hydrogen) atoms. The van der Waals surface area contributed by atoms with Gasteiger partial charge in [-0.1, -0.05) is 19.1 Å². The zero-order valence-electron chi connectivity index (χ0n) is 16.2. The zero-order chi connectivity index (χ0) is 18.9. The SMILES string of the molecule is CCCNC(=O)CN1CCN(C(=O)CCOc2cc(C)ccc2C)CC1. The highest BCUT2D eigenvalue weighted by atomic mass is 16.5. The zero-order valence-corrected chi connectivity index (χ0v) is 16.2. The molecule has 2 amide bonds. The van der Waals surface area contributed by atoms with Crippen LogP contribution < -0.4 is 10.1 Å².